The first-order chi connectivity index (χ1) is 30.5. The van der Waals surface area contributed by atoms with Gasteiger partial charge in [-0.05, 0) is 104 Å². The molecule has 8 amide bonds. The Morgan fingerprint density at radius 1 is 0.646 bits per heavy atom. The van der Waals surface area contributed by atoms with Crippen molar-refractivity contribution in [3.63, 3.8) is 0 Å². The Balaban J connectivity index is 1.06. The highest BCUT2D eigenvalue weighted by Crippen LogP contribution is 2.48. The molecule has 0 saturated carbocycles. The zero-order chi connectivity index (χ0) is 47.7. The van der Waals surface area contributed by atoms with Crippen molar-refractivity contribution in [1.82, 2.24) is 30.2 Å². The average molecular weight is 937 g/mol. The van der Waals surface area contributed by atoms with Gasteiger partial charge in [-0.3, -0.25) is 38.6 Å². The summed E-state index contributed by atoms with van der Waals surface area (Å²) in [6, 6.07) is 9.32. The standard InChI is InChI=1S/C45H60N8O10S2/c1-24(50(7)42(60)61)36(54)48-30-17-19-64-32-22-44(3,4)34(52(32)40(30)58)38(56)46-28-13-9-26(10-14-28)21-27-11-15-29(16-12-27)47-39(57)35-45(5,6)23-33-53(35)41(59)31(18-20-65-33)49-37(55)25(2)51(8)43(62)63/h9-16,24-25,30-35H,17-23H2,1-8H3,(H,46,56)(H,47,57)(H,48,54)(H,49,55)(H,60,61)(H,62,63)/t24?,25?,30-,31-,32-,33-,34+,35+/m0/s1. The molecule has 4 heterocycles. The minimum absolute atomic E-state index is 0.264. The minimum Gasteiger partial charge on any atom is -0.465 e. The van der Waals surface area contributed by atoms with E-state index >= 15 is 0 Å². The Hall–Kier alpha value is -5.50. The van der Waals surface area contributed by atoms with Crippen LogP contribution in [0.2, 0.25) is 0 Å². The summed E-state index contributed by atoms with van der Waals surface area (Å²) >= 11 is 3.13. The number of nitrogens with zero attached hydrogens (tertiary/aromatic N) is 4. The van der Waals surface area contributed by atoms with Gasteiger partial charge in [-0.25, -0.2) is 9.59 Å². The highest BCUT2D eigenvalue weighted by atomic mass is 32.2. The number of amides is 8. The van der Waals surface area contributed by atoms with Gasteiger partial charge in [0, 0.05) is 25.5 Å². The van der Waals surface area contributed by atoms with Crippen LogP contribution in [0, 0.1) is 10.8 Å². The number of nitrogens with one attached hydrogen (secondary N) is 4. The molecule has 2 unspecified atom stereocenters. The molecule has 352 valence electrons. The fourth-order valence-corrected chi connectivity index (χ4v) is 12.2. The van der Waals surface area contributed by atoms with Gasteiger partial charge in [-0.1, -0.05) is 52.0 Å². The summed E-state index contributed by atoms with van der Waals surface area (Å²) in [4.78, 5) is 110. The van der Waals surface area contributed by atoms with Crippen molar-refractivity contribution in [3.8, 4) is 0 Å². The number of carboxylic acid groups (broad SMARTS) is 2. The topological polar surface area (TPSA) is 238 Å². The highest BCUT2D eigenvalue weighted by Gasteiger charge is 2.56. The lowest BCUT2D eigenvalue weighted by Crippen LogP contribution is -2.57. The molecule has 0 aromatic heterocycles. The number of anilines is 2. The monoisotopic (exact) mass is 936 g/mol. The van der Waals surface area contributed by atoms with E-state index in [2.05, 4.69) is 21.3 Å². The fraction of sp³-hybridized carbons (Fsp3) is 0.556. The van der Waals surface area contributed by atoms with E-state index in [-0.39, 0.29) is 34.4 Å². The molecular formula is C45H60N8O10S2. The van der Waals surface area contributed by atoms with E-state index in [0.29, 0.717) is 55.0 Å². The summed E-state index contributed by atoms with van der Waals surface area (Å²) in [5.41, 5.74) is 1.87. The highest BCUT2D eigenvalue weighted by molar-refractivity contribution is 8.00. The predicted octanol–water partition coefficient (Wildman–Crippen LogP) is 4.30. The summed E-state index contributed by atoms with van der Waals surface area (Å²) in [5.74, 6) is -1.47. The van der Waals surface area contributed by atoms with E-state index in [1.54, 1.807) is 57.6 Å². The number of fused-ring (bicyclic) bond motifs is 2. The molecular weight excluding hydrogens is 877 g/mol. The van der Waals surface area contributed by atoms with Crippen molar-refractivity contribution >= 4 is 82.5 Å². The smallest absolute Gasteiger partial charge is 0.407 e. The molecule has 18 nitrogen and oxygen atoms in total. The molecule has 2 aromatic carbocycles. The number of hydrogen-bond acceptors (Lipinski definition) is 10. The molecule has 65 heavy (non-hydrogen) atoms. The van der Waals surface area contributed by atoms with Gasteiger partial charge in [0.2, 0.25) is 35.4 Å². The van der Waals surface area contributed by atoms with Crippen LogP contribution in [0.15, 0.2) is 48.5 Å². The lowest BCUT2D eigenvalue weighted by atomic mass is 9.84. The number of likely N-dealkylation sites (N-methyl/N-ethyl adjacent to an activating group) is 2. The number of carbonyl (C=O) groups excluding carboxylic acids is 6. The molecule has 4 aliphatic rings. The summed E-state index contributed by atoms with van der Waals surface area (Å²) in [6.45, 7) is 10.7. The maximum atomic E-state index is 14.0. The molecule has 6 rings (SSSR count). The van der Waals surface area contributed by atoms with Crippen LogP contribution in [0.1, 0.15) is 78.4 Å². The SMILES string of the molecule is CC(C(=O)N[C@H]1CCS[C@H]2CC(C)(C)[C@@H](C(=O)Nc3ccc(Cc4ccc(NC(=O)[C@H]5N6C(=O)[C@@H](NC(=O)C(C)N(C)C(=O)O)CCS[C@H]6CC5(C)C)cc4)cc3)N2C1=O)N(C)C(=O)O. The molecule has 4 aliphatic heterocycles. The van der Waals surface area contributed by atoms with Crippen molar-refractivity contribution in [3.05, 3.63) is 59.7 Å². The van der Waals surface area contributed by atoms with Crippen LogP contribution in [0.5, 0.6) is 0 Å². The Labute approximate surface area is 387 Å². The van der Waals surface area contributed by atoms with E-state index in [4.69, 9.17) is 0 Å². The van der Waals surface area contributed by atoms with Gasteiger partial charge < -0.3 is 41.3 Å². The van der Waals surface area contributed by atoms with Crippen LogP contribution < -0.4 is 21.3 Å². The summed E-state index contributed by atoms with van der Waals surface area (Å²) in [6.07, 6.45) is -0.122. The minimum atomic E-state index is -1.27. The Morgan fingerprint density at radius 2 is 0.985 bits per heavy atom. The molecule has 0 bridgehead atoms. The second-order valence-electron chi connectivity index (χ2n) is 18.7. The van der Waals surface area contributed by atoms with E-state index in [1.165, 1.54) is 27.9 Å². The number of rotatable bonds is 12. The number of benzene rings is 2. The van der Waals surface area contributed by atoms with Crippen LogP contribution in [-0.4, -0.2) is 150 Å². The third-order valence-electron chi connectivity index (χ3n) is 13.1. The van der Waals surface area contributed by atoms with E-state index in [0.717, 1.165) is 20.9 Å². The lowest BCUT2D eigenvalue weighted by Gasteiger charge is -2.34. The van der Waals surface area contributed by atoms with Crippen LogP contribution >= 0.6 is 23.5 Å². The van der Waals surface area contributed by atoms with Gasteiger partial charge in [-0.2, -0.15) is 0 Å². The normalized spacial score (nSPS) is 25.4. The average Bonchev–Trinajstić information content (AvgIpc) is 3.57. The first-order valence-corrected chi connectivity index (χ1v) is 23.8. The second-order valence-corrected chi connectivity index (χ2v) is 21.3. The first kappa shape index (κ1) is 48.9. The van der Waals surface area contributed by atoms with Crippen molar-refractivity contribution < 1.29 is 48.6 Å². The molecule has 0 spiro atoms. The summed E-state index contributed by atoms with van der Waals surface area (Å²) in [5, 5.41) is 29.6. The van der Waals surface area contributed by atoms with E-state index in [1.807, 2.05) is 52.0 Å². The molecule has 4 saturated heterocycles. The number of hydrogen-bond donors (Lipinski definition) is 6. The molecule has 0 radical (unpaired) electrons. The van der Waals surface area contributed by atoms with Gasteiger partial charge >= 0.3 is 12.2 Å². The maximum absolute atomic E-state index is 14.0. The summed E-state index contributed by atoms with van der Waals surface area (Å²) < 4.78 is 0. The van der Waals surface area contributed by atoms with Crippen LogP contribution in [0.4, 0.5) is 21.0 Å². The number of carbonyl (C=O) groups is 8. The van der Waals surface area contributed by atoms with Gasteiger partial charge in [0.05, 0.1) is 10.7 Å². The van der Waals surface area contributed by atoms with Gasteiger partial charge in [0.15, 0.2) is 0 Å². The molecule has 6 N–H and O–H groups in total. The van der Waals surface area contributed by atoms with Crippen LogP contribution in [-0.2, 0) is 35.2 Å². The largest absolute Gasteiger partial charge is 0.465 e. The number of thioether (sulfide) groups is 2. The van der Waals surface area contributed by atoms with Crippen LogP contribution in [0.3, 0.4) is 0 Å². The van der Waals surface area contributed by atoms with Crippen molar-refractivity contribution in [1.29, 1.82) is 0 Å². The summed E-state index contributed by atoms with van der Waals surface area (Å²) in [7, 11) is 2.58. The third-order valence-corrected chi connectivity index (χ3v) is 15.6. The zero-order valence-electron chi connectivity index (χ0n) is 38.0. The Morgan fingerprint density at radius 3 is 1.31 bits per heavy atom. The molecule has 20 heteroatoms. The zero-order valence-corrected chi connectivity index (χ0v) is 39.6. The Kier molecular flexibility index (Phi) is 14.7. The first-order valence-electron chi connectivity index (χ1n) is 21.7. The molecule has 4 fully saturated rings. The second kappa shape index (κ2) is 19.5. The van der Waals surface area contributed by atoms with Crippen molar-refractivity contribution in [2.45, 2.75) is 121 Å². The van der Waals surface area contributed by atoms with E-state index < -0.39 is 71.1 Å². The maximum Gasteiger partial charge on any atom is 0.407 e. The molecule has 2 aromatic rings. The fourth-order valence-electron chi connectivity index (χ4n) is 9.04. The molecule has 8 atom stereocenters. The van der Waals surface area contributed by atoms with Crippen molar-refractivity contribution in [2.75, 3.05) is 36.2 Å². The Bertz CT molecular complexity index is 2040. The van der Waals surface area contributed by atoms with Gasteiger partial charge in [0.1, 0.15) is 36.3 Å². The third kappa shape index (κ3) is 10.6. The predicted molar refractivity (Wildman–Crippen MR) is 247 cm³/mol. The quantitative estimate of drug-likeness (QED) is 0.175. The van der Waals surface area contributed by atoms with Crippen molar-refractivity contribution in [2.24, 2.45) is 10.8 Å². The van der Waals surface area contributed by atoms with Gasteiger partial charge in [-0.15, -0.1) is 23.5 Å². The molecule has 0 aliphatic carbocycles. The lowest BCUT2D eigenvalue weighted by molar-refractivity contribution is -0.142. The van der Waals surface area contributed by atoms with Crippen LogP contribution in [0.25, 0.3) is 0 Å². The van der Waals surface area contributed by atoms with Gasteiger partial charge in [0.25, 0.3) is 0 Å². The van der Waals surface area contributed by atoms with E-state index in [9.17, 15) is 48.6 Å².